The summed E-state index contributed by atoms with van der Waals surface area (Å²) in [6, 6.07) is 0.317. The van der Waals surface area contributed by atoms with E-state index in [4.69, 9.17) is 4.74 Å². The molecule has 1 amide bonds. The highest BCUT2D eigenvalue weighted by atomic mass is 16.5. The highest BCUT2D eigenvalue weighted by molar-refractivity contribution is 5.79. The van der Waals surface area contributed by atoms with Crippen molar-refractivity contribution in [1.82, 2.24) is 10.6 Å². The Balaban J connectivity index is 2.49. The van der Waals surface area contributed by atoms with Gasteiger partial charge in [0.05, 0.1) is 12.0 Å². The smallest absolute Gasteiger partial charge is 0.225 e. The molecular formula is C18H30N2O2. The van der Waals surface area contributed by atoms with Crippen molar-refractivity contribution in [3.8, 4) is 0 Å². The lowest BCUT2D eigenvalue weighted by atomic mass is 9.95. The molecule has 1 fully saturated rings. The van der Waals surface area contributed by atoms with Crippen molar-refractivity contribution in [3.63, 3.8) is 0 Å². The van der Waals surface area contributed by atoms with Gasteiger partial charge in [-0.15, -0.1) is 0 Å². The molecule has 0 bridgehead atoms. The Bertz CT molecular complexity index is 411. The second-order valence-electron chi connectivity index (χ2n) is 6.06. The van der Waals surface area contributed by atoms with Crippen LogP contribution in [0.4, 0.5) is 0 Å². The number of hydrogen-bond acceptors (Lipinski definition) is 3. The largest absolute Gasteiger partial charge is 0.379 e. The Morgan fingerprint density at radius 1 is 1.50 bits per heavy atom. The second kappa shape index (κ2) is 9.59. The summed E-state index contributed by atoms with van der Waals surface area (Å²) < 4.78 is 5.57. The summed E-state index contributed by atoms with van der Waals surface area (Å²) in [5.41, 5.74) is 0.973. The molecule has 0 aromatic heterocycles. The molecule has 124 valence electrons. The molecule has 4 unspecified atom stereocenters. The Hall–Kier alpha value is -1.39. The van der Waals surface area contributed by atoms with E-state index in [1.54, 1.807) is 13.2 Å². The van der Waals surface area contributed by atoms with E-state index in [1.807, 2.05) is 26.0 Å². The molecule has 4 nitrogen and oxygen atoms in total. The number of rotatable bonds is 9. The van der Waals surface area contributed by atoms with Crippen LogP contribution in [0.15, 0.2) is 37.0 Å². The van der Waals surface area contributed by atoms with Crippen LogP contribution < -0.4 is 10.6 Å². The van der Waals surface area contributed by atoms with Crippen LogP contribution in [-0.4, -0.2) is 37.7 Å². The van der Waals surface area contributed by atoms with Crippen molar-refractivity contribution in [3.05, 3.63) is 37.0 Å². The summed E-state index contributed by atoms with van der Waals surface area (Å²) in [5, 5.41) is 6.47. The Morgan fingerprint density at radius 2 is 2.23 bits per heavy atom. The molecule has 4 atom stereocenters. The number of methoxy groups -OCH3 is 1. The fraction of sp³-hybridized carbons (Fsp3) is 0.611. The zero-order valence-electron chi connectivity index (χ0n) is 14.1. The topological polar surface area (TPSA) is 50.4 Å². The van der Waals surface area contributed by atoms with Crippen LogP contribution in [0.1, 0.15) is 33.1 Å². The standard InChI is InChI=1S/C18H30N2O2/c1-6-7-9-13(2)12-14(3)20-18(21)15(4)17(22-5)16-10-8-11-19-16/h6-7,9,14-17,19H,1-2,8,10-12H2,3-5H3,(H,20,21)/b9-7-. The van der Waals surface area contributed by atoms with Gasteiger partial charge in [-0.1, -0.05) is 43.9 Å². The Kier molecular flexibility index (Phi) is 8.13. The van der Waals surface area contributed by atoms with Gasteiger partial charge in [-0.25, -0.2) is 0 Å². The van der Waals surface area contributed by atoms with Gasteiger partial charge < -0.3 is 15.4 Å². The van der Waals surface area contributed by atoms with Crippen LogP contribution in [0.2, 0.25) is 0 Å². The zero-order chi connectivity index (χ0) is 16.5. The normalized spacial score (nSPS) is 22.2. The van der Waals surface area contributed by atoms with Gasteiger partial charge in [-0.2, -0.15) is 0 Å². The number of allylic oxidation sites excluding steroid dienone is 3. The predicted octanol–water partition coefficient (Wildman–Crippen LogP) is 2.58. The van der Waals surface area contributed by atoms with Gasteiger partial charge in [0.15, 0.2) is 0 Å². The lowest BCUT2D eigenvalue weighted by Gasteiger charge is -2.28. The molecule has 0 aliphatic carbocycles. The third-order valence-corrected chi connectivity index (χ3v) is 4.10. The van der Waals surface area contributed by atoms with Crippen LogP contribution in [0.3, 0.4) is 0 Å². The number of carbonyl (C=O) groups excluding carboxylic acids is 1. The summed E-state index contributed by atoms with van der Waals surface area (Å²) >= 11 is 0. The highest BCUT2D eigenvalue weighted by Gasteiger charge is 2.33. The van der Waals surface area contributed by atoms with Crippen LogP contribution >= 0.6 is 0 Å². The van der Waals surface area contributed by atoms with E-state index in [0.717, 1.165) is 31.4 Å². The van der Waals surface area contributed by atoms with Crippen LogP contribution in [0, 0.1) is 5.92 Å². The van der Waals surface area contributed by atoms with E-state index in [2.05, 4.69) is 23.8 Å². The third kappa shape index (κ3) is 5.78. The molecule has 22 heavy (non-hydrogen) atoms. The lowest BCUT2D eigenvalue weighted by molar-refractivity contribution is -0.130. The molecule has 1 rings (SSSR count). The van der Waals surface area contributed by atoms with E-state index in [-0.39, 0.29) is 30.0 Å². The molecule has 1 aliphatic rings. The van der Waals surface area contributed by atoms with Gasteiger partial charge in [0.2, 0.25) is 5.91 Å². The summed E-state index contributed by atoms with van der Waals surface area (Å²) in [5.74, 6) is -0.145. The fourth-order valence-corrected chi connectivity index (χ4v) is 2.95. The van der Waals surface area contributed by atoms with Gasteiger partial charge >= 0.3 is 0 Å². The zero-order valence-corrected chi connectivity index (χ0v) is 14.1. The number of nitrogens with one attached hydrogen (secondary N) is 2. The predicted molar refractivity (Wildman–Crippen MR) is 91.7 cm³/mol. The average molecular weight is 306 g/mol. The first-order valence-electron chi connectivity index (χ1n) is 8.03. The van der Waals surface area contributed by atoms with Gasteiger partial charge in [-0.05, 0) is 32.7 Å². The van der Waals surface area contributed by atoms with Crippen LogP contribution in [-0.2, 0) is 9.53 Å². The molecule has 0 saturated carbocycles. The molecule has 2 N–H and O–H groups in total. The van der Waals surface area contributed by atoms with Crippen molar-refractivity contribution < 1.29 is 9.53 Å². The minimum atomic E-state index is -0.181. The minimum absolute atomic E-state index is 0.0357. The average Bonchev–Trinajstić information content (AvgIpc) is 2.99. The summed E-state index contributed by atoms with van der Waals surface area (Å²) in [6.45, 7) is 12.5. The Labute approximate surface area is 134 Å². The van der Waals surface area contributed by atoms with Gasteiger partial charge in [-0.3, -0.25) is 4.79 Å². The molecule has 0 aromatic rings. The maximum atomic E-state index is 12.4. The number of hydrogen-bond donors (Lipinski definition) is 2. The number of carbonyl (C=O) groups is 1. The van der Waals surface area contributed by atoms with E-state index < -0.39 is 0 Å². The van der Waals surface area contributed by atoms with Crippen molar-refractivity contribution in [2.24, 2.45) is 5.92 Å². The molecule has 0 aromatic carbocycles. The molecule has 1 saturated heterocycles. The first kappa shape index (κ1) is 18.7. The van der Waals surface area contributed by atoms with E-state index in [9.17, 15) is 4.79 Å². The lowest BCUT2D eigenvalue weighted by Crippen LogP contribution is -2.48. The van der Waals surface area contributed by atoms with Crippen LogP contribution in [0.5, 0.6) is 0 Å². The van der Waals surface area contributed by atoms with Crippen molar-refractivity contribution in [2.45, 2.75) is 51.3 Å². The van der Waals surface area contributed by atoms with Gasteiger partial charge in [0.25, 0.3) is 0 Å². The summed E-state index contributed by atoms with van der Waals surface area (Å²) in [6.07, 6.45) is 8.33. The van der Waals surface area contributed by atoms with E-state index >= 15 is 0 Å². The molecular weight excluding hydrogens is 276 g/mol. The molecule has 4 heteroatoms. The second-order valence-corrected chi connectivity index (χ2v) is 6.06. The first-order valence-corrected chi connectivity index (χ1v) is 8.03. The van der Waals surface area contributed by atoms with Gasteiger partial charge in [0.1, 0.15) is 0 Å². The number of ether oxygens (including phenoxy) is 1. The summed E-state index contributed by atoms with van der Waals surface area (Å²) in [7, 11) is 1.68. The Morgan fingerprint density at radius 3 is 2.77 bits per heavy atom. The monoisotopic (exact) mass is 306 g/mol. The van der Waals surface area contributed by atoms with Crippen molar-refractivity contribution in [2.75, 3.05) is 13.7 Å². The number of amides is 1. The SMILES string of the molecule is C=C/C=C\C(=C)CC(C)NC(=O)C(C)C(OC)C1CCCN1. The van der Waals surface area contributed by atoms with Crippen molar-refractivity contribution >= 4 is 5.91 Å². The summed E-state index contributed by atoms with van der Waals surface area (Å²) in [4.78, 5) is 12.4. The van der Waals surface area contributed by atoms with Gasteiger partial charge in [0, 0.05) is 19.2 Å². The molecule has 1 aliphatic heterocycles. The minimum Gasteiger partial charge on any atom is -0.379 e. The maximum absolute atomic E-state index is 12.4. The third-order valence-electron chi connectivity index (χ3n) is 4.10. The quantitative estimate of drug-likeness (QED) is 0.644. The van der Waals surface area contributed by atoms with E-state index in [1.165, 1.54) is 0 Å². The maximum Gasteiger partial charge on any atom is 0.225 e. The first-order chi connectivity index (χ1) is 10.5. The molecule has 0 radical (unpaired) electrons. The molecule has 0 spiro atoms. The molecule has 1 heterocycles. The van der Waals surface area contributed by atoms with Crippen LogP contribution in [0.25, 0.3) is 0 Å². The van der Waals surface area contributed by atoms with E-state index in [0.29, 0.717) is 0 Å². The fourth-order valence-electron chi connectivity index (χ4n) is 2.95. The highest BCUT2D eigenvalue weighted by Crippen LogP contribution is 2.19. The van der Waals surface area contributed by atoms with Crippen molar-refractivity contribution in [1.29, 1.82) is 0 Å².